The molecule has 0 bridgehead atoms. The van der Waals surface area contributed by atoms with E-state index in [0.29, 0.717) is 6.54 Å². The number of nitrogens with zero attached hydrogens (tertiary/aromatic N) is 2. The molecule has 0 fully saturated rings. The highest BCUT2D eigenvalue weighted by Gasteiger charge is 2.19. The highest BCUT2D eigenvalue weighted by Crippen LogP contribution is 2.13. The van der Waals surface area contributed by atoms with Gasteiger partial charge in [0.2, 0.25) is 15.9 Å². The predicted octanol–water partition coefficient (Wildman–Crippen LogP) is -0.580. The number of hydrogen-bond acceptors (Lipinski definition) is 5. The number of aromatic nitrogens is 1. The molecule has 18 heavy (non-hydrogen) atoms. The average Bonchev–Trinajstić information content (AvgIpc) is 2.35. The first kappa shape index (κ1) is 14.4. The SMILES string of the molecule is CCN(C)C(=O)CNS(=O)(=O)c1cccnc1N. The minimum absolute atomic E-state index is 0.0960. The average molecular weight is 272 g/mol. The number of nitrogen functional groups attached to an aromatic ring is 1. The number of anilines is 1. The van der Waals surface area contributed by atoms with Gasteiger partial charge in [-0.2, -0.15) is 0 Å². The highest BCUT2D eigenvalue weighted by atomic mass is 32.2. The Bertz CT molecular complexity index is 530. The zero-order chi connectivity index (χ0) is 13.8. The van der Waals surface area contributed by atoms with Crippen molar-refractivity contribution in [3.05, 3.63) is 18.3 Å². The molecule has 8 heteroatoms. The van der Waals surface area contributed by atoms with E-state index in [-0.39, 0.29) is 23.2 Å². The van der Waals surface area contributed by atoms with Crippen LogP contribution in [0.3, 0.4) is 0 Å². The van der Waals surface area contributed by atoms with Crippen LogP contribution in [0.15, 0.2) is 23.2 Å². The molecule has 100 valence electrons. The van der Waals surface area contributed by atoms with Crippen molar-refractivity contribution in [2.75, 3.05) is 25.9 Å². The van der Waals surface area contributed by atoms with Crippen LogP contribution in [0.2, 0.25) is 0 Å². The summed E-state index contributed by atoms with van der Waals surface area (Å²) in [4.78, 5) is 16.5. The predicted molar refractivity (Wildman–Crippen MR) is 67.1 cm³/mol. The summed E-state index contributed by atoms with van der Waals surface area (Å²) in [5, 5.41) is 0. The maximum Gasteiger partial charge on any atom is 0.244 e. The van der Waals surface area contributed by atoms with Crippen molar-refractivity contribution in [2.24, 2.45) is 0 Å². The summed E-state index contributed by atoms with van der Waals surface area (Å²) in [5.41, 5.74) is 5.47. The number of nitrogens with two attached hydrogens (primary N) is 1. The Labute approximate surface area is 106 Å². The number of carbonyl (C=O) groups is 1. The molecule has 0 aromatic carbocycles. The number of nitrogens with one attached hydrogen (secondary N) is 1. The van der Waals surface area contributed by atoms with Crippen molar-refractivity contribution in [3.8, 4) is 0 Å². The second kappa shape index (κ2) is 5.78. The van der Waals surface area contributed by atoms with Crippen molar-refractivity contribution < 1.29 is 13.2 Å². The monoisotopic (exact) mass is 272 g/mol. The zero-order valence-corrected chi connectivity index (χ0v) is 11.1. The van der Waals surface area contributed by atoms with Gasteiger partial charge in [-0.15, -0.1) is 0 Å². The van der Waals surface area contributed by atoms with Gasteiger partial charge in [-0.1, -0.05) is 0 Å². The van der Waals surface area contributed by atoms with Gasteiger partial charge >= 0.3 is 0 Å². The molecule has 1 amide bonds. The molecule has 0 atom stereocenters. The van der Waals surface area contributed by atoms with Crippen LogP contribution < -0.4 is 10.5 Å². The van der Waals surface area contributed by atoms with E-state index >= 15 is 0 Å². The summed E-state index contributed by atoms with van der Waals surface area (Å²) in [7, 11) is -2.22. The first-order chi connectivity index (χ1) is 8.38. The van der Waals surface area contributed by atoms with Gasteiger partial charge in [0.1, 0.15) is 10.7 Å². The van der Waals surface area contributed by atoms with Gasteiger partial charge in [0.05, 0.1) is 6.54 Å². The molecule has 0 aliphatic rings. The molecule has 1 rings (SSSR count). The molecule has 0 saturated heterocycles. The molecule has 1 aromatic rings. The zero-order valence-electron chi connectivity index (χ0n) is 10.3. The van der Waals surface area contributed by atoms with Gasteiger partial charge in [-0.3, -0.25) is 4.79 Å². The molecule has 0 unspecified atom stereocenters. The van der Waals surface area contributed by atoms with E-state index in [1.165, 1.54) is 23.2 Å². The fourth-order valence-electron chi connectivity index (χ4n) is 1.18. The standard InChI is InChI=1S/C10H16N4O3S/c1-3-14(2)9(15)7-13-18(16,17)8-5-4-6-12-10(8)11/h4-6,13H,3,7H2,1-2H3,(H2,11,12). The summed E-state index contributed by atoms with van der Waals surface area (Å²) in [5.74, 6) is -0.412. The van der Waals surface area contributed by atoms with Crippen molar-refractivity contribution in [2.45, 2.75) is 11.8 Å². The van der Waals surface area contributed by atoms with Crippen molar-refractivity contribution >= 4 is 21.7 Å². The lowest BCUT2D eigenvalue weighted by Crippen LogP contribution is -2.38. The summed E-state index contributed by atoms with van der Waals surface area (Å²) < 4.78 is 25.9. The molecule has 0 aliphatic heterocycles. The Kier molecular flexibility index (Phi) is 4.62. The maximum absolute atomic E-state index is 11.9. The molecular weight excluding hydrogens is 256 g/mol. The summed E-state index contributed by atoms with van der Waals surface area (Å²) in [6.45, 7) is 2.00. The van der Waals surface area contributed by atoms with Crippen LogP contribution in [0, 0.1) is 0 Å². The van der Waals surface area contributed by atoms with Gasteiger partial charge in [-0.05, 0) is 19.1 Å². The van der Waals surface area contributed by atoms with Crippen LogP contribution in [-0.2, 0) is 14.8 Å². The lowest BCUT2D eigenvalue weighted by atomic mass is 10.5. The highest BCUT2D eigenvalue weighted by molar-refractivity contribution is 7.89. The van der Waals surface area contributed by atoms with Crippen LogP contribution in [0.4, 0.5) is 5.82 Å². The number of pyridine rings is 1. The lowest BCUT2D eigenvalue weighted by Gasteiger charge is -2.15. The van der Waals surface area contributed by atoms with Gasteiger partial charge < -0.3 is 10.6 Å². The Morgan fingerprint density at radius 1 is 1.56 bits per heavy atom. The molecule has 1 aromatic heterocycles. The third-order valence-corrected chi connectivity index (χ3v) is 3.85. The maximum atomic E-state index is 11.9. The Morgan fingerprint density at radius 3 is 2.78 bits per heavy atom. The number of hydrogen-bond donors (Lipinski definition) is 2. The van der Waals surface area contributed by atoms with E-state index in [1.807, 2.05) is 0 Å². The molecular formula is C10H16N4O3S. The number of rotatable bonds is 5. The fourth-order valence-corrected chi connectivity index (χ4v) is 2.23. The molecule has 1 heterocycles. The molecule has 0 saturated carbocycles. The van der Waals surface area contributed by atoms with Crippen LogP contribution in [0.25, 0.3) is 0 Å². The topological polar surface area (TPSA) is 105 Å². The number of amides is 1. The second-order valence-corrected chi connectivity index (χ2v) is 5.35. The molecule has 0 radical (unpaired) electrons. The largest absolute Gasteiger partial charge is 0.383 e. The minimum atomic E-state index is -3.81. The number of carbonyl (C=O) groups excluding carboxylic acids is 1. The van der Waals surface area contributed by atoms with E-state index in [4.69, 9.17) is 5.73 Å². The molecule has 7 nitrogen and oxygen atoms in total. The second-order valence-electron chi connectivity index (χ2n) is 3.62. The first-order valence-corrected chi connectivity index (χ1v) is 6.81. The van der Waals surface area contributed by atoms with Crippen LogP contribution in [-0.4, -0.2) is 44.3 Å². The smallest absolute Gasteiger partial charge is 0.244 e. The van der Waals surface area contributed by atoms with E-state index in [0.717, 1.165) is 0 Å². The molecule has 3 N–H and O–H groups in total. The Balaban J connectivity index is 2.79. The van der Waals surface area contributed by atoms with Crippen LogP contribution in [0.1, 0.15) is 6.92 Å². The normalized spacial score (nSPS) is 11.2. The number of likely N-dealkylation sites (N-methyl/N-ethyl adjacent to an activating group) is 1. The third-order valence-electron chi connectivity index (χ3n) is 2.40. The quantitative estimate of drug-likeness (QED) is 0.746. The number of sulfonamides is 1. The van der Waals surface area contributed by atoms with Crippen molar-refractivity contribution in [1.29, 1.82) is 0 Å². The first-order valence-electron chi connectivity index (χ1n) is 5.32. The van der Waals surface area contributed by atoms with Crippen molar-refractivity contribution in [1.82, 2.24) is 14.6 Å². The van der Waals surface area contributed by atoms with E-state index in [2.05, 4.69) is 9.71 Å². The van der Waals surface area contributed by atoms with E-state index < -0.39 is 10.0 Å². The van der Waals surface area contributed by atoms with Gasteiger partial charge in [0, 0.05) is 19.8 Å². The van der Waals surface area contributed by atoms with E-state index in [9.17, 15) is 13.2 Å². The molecule has 0 spiro atoms. The summed E-state index contributed by atoms with van der Waals surface area (Å²) >= 11 is 0. The Morgan fingerprint density at radius 2 is 2.22 bits per heavy atom. The van der Waals surface area contributed by atoms with Gasteiger partial charge in [0.25, 0.3) is 0 Å². The fraction of sp³-hybridized carbons (Fsp3) is 0.400. The summed E-state index contributed by atoms with van der Waals surface area (Å²) in [6.07, 6.45) is 1.39. The van der Waals surface area contributed by atoms with Crippen LogP contribution in [0.5, 0.6) is 0 Å². The Hall–Kier alpha value is -1.67. The lowest BCUT2D eigenvalue weighted by molar-refractivity contribution is -0.128. The van der Waals surface area contributed by atoms with Gasteiger partial charge in [0.15, 0.2) is 0 Å². The van der Waals surface area contributed by atoms with Crippen LogP contribution >= 0.6 is 0 Å². The van der Waals surface area contributed by atoms with E-state index in [1.54, 1.807) is 14.0 Å². The molecule has 0 aliphatic carbocycles. The third kappa shape index (κ3) is 3.41. The summed E-state index contributed by atoms with van der Waals surface area (Å²) in [6, 6.07) is 2.80. The minimum Gasteiger partial charge on any atom is -0.383 e. The van der Waals surface area contributed by atoms with Crippen molar-refractivity contribution in [3.63, 3.8) is 0 Å². The van der Waals surface area contributed by atoms with Gasteiger partial charge in [-0.25, -0.2) is 18.1 Å².